The molecule has 27 heavy (non-hydrogen) atoms. The smallest absolute Gasteiger partial charge is 0.107 e. The minimum Gasteiger partial charge on any atom is -0.400 e. The van der Waals surface area contributed by atoms with Crippen molar-refractivity contribution in [2.24, 2.45) is 4.99 Å². The molecule has 0 radical (unpaired) electrons. The number of halogens is 1. The van der Waals surface area contributed by atoms with Gasteiger partial charge >= 0.3 is 0 Å². The molecule has 0 aliphatic carbocycles. The molecule has 0 amide bonds. The third-order valence-electron chi connectivity index (χ3n) is 4.07. The molecule has 0 bridgehead atoms. The van der Waals surface area contributed by atoms with E-state index in [1.54, 1.807) is 0 Å². The number of anilines is 1. The fourth-order valence-corrected chi connectivity index (χ4v) is 3.12. The lowest BCUT2D eigenvalue weighted by molar-refractivity contribution is -0.881. The number of aliphatic imine (C=N–C) groups is 1. The standard InChI is InChI=1S/C21H23ClN3.CH4O/c1-25(2)15-17(13-23-19-9-5-3-6-10-19)21(22)18(16-25)14-24-20-11-7-4-8-12-20;1-2/h3-14,23H,15-16H2,1-2H3;2H,1H3/q+1;/b17-13+,24-14?;. The molecule has 0 spiro atoms. The molecule has 2 aromatic carbocycles. The molecular formula is C22H27ClN3O+. The molecule has 1 heterocycles. The fraction of sp³-hybridized carbons (Fsp3) is 0.227. The van der Waals surface area contributed by atoms with Crippen molar-refractivity contribution in [2.45, 2.75) is 0 Å². The highest BCUT2D eigenvalue weighted by Gasteiger charge is 2.28. The van der Waals surface area contributed by atoms with Crippen molar-refractivity contribution < 1.29 is 9.59 Å². The van der Waals surface area contributed by atoms with Gasteiger partial charge in [-0.05, 0) is 24.3 Å². The van der Waals surface area contributed by atoms with Gasteiger partial charge in [-0.3, -0.25) is 4.99 Å². The number of benzene rings is 2. The average Bonchev–Trinajstić information content (AvgIpc) is 2.70. The summed E-state index contributed by atoms with van der Waals surface area (Å²) < 4.78 is 0.842. The minimum atomic E-state index is 0.792. The minimum absolute atomic E-state index is 0.792. The van der Waals surface area contributed by atoms with Crippen LogP contribution < -0.4 is 5.32 Å². The van der Waals surface area contributed by atoms with Gasteiger partial charge in [0.05, 0.1) is 24.8 Å². The first-order valence-corrected chi connectivity index (χ1v) is 9.17. The summed E-state index contributed by atoms with van der Waals surface area (Å²) in [6.45, 7) is 1.74. The van der Waals surface area contributed by atoms with Crippen molar-refractivity contribution in [1.29, 1.82) is 0 Å². The molecule has 1 aliphatic heterocycles. The van der Waals surface area contributed by atoms with Crippen LogP contribution in [0.2, 0.25) is 0 Å². The number of hydrogen-bond donors (Lipinski definition) is 2. The molecule has 1 aliphatic rings. The Morgan fingerprint density at radius 2 is 1.56 bits per heavy atom. The highest BCUT2D eigenvalue weighted by Crippen LogP contribution is 2.28. The van der Waals surface area contributed by atoms with E-state index in [-0.39, 0.29) is 0 Å². The maximum Gasteiger partial charge on any atom is 0.107 e. The summed E-state index contributed by atoms with van der Waals surface area (Å²) in [4.78, 5) is 4.57. The van der Waals surface area contributed by atoms with Crippen LogP contribution in [0.15, 0.2) is 88.0 Å². The van der Waals surface area contributed by atoms with E-state index in [4.69, 9.17) is 16.7 Å². The highest BCUT2D eigenvalue weighted by atomic mass is 35.5. The molecule has 5 heteroatoms. The monoisotopic (exact) mass is 384 g/mol. The van der Waals surface area contributed by atoms with E-state index in [1.807, 2.05) is 73.1 Å². The lowest BCUT2D eigenvalue weighted by Crippen LogP contribution is -2.46. The SMILES string of the molecule is CO.C[N+]1(C)CC(C=Nc2ccccc2)=C(Cl)/C(=C/Nc2ccccc2)C1. The van der Waals surface area contributed by atoms with Gasteiger partial charge in [0.15, 0.2) is 0 Å². The summed E-state index contributed by atoms with van der Waals surface area (Å²) >= 11 is 6.68. The molecular weight excluding hydrogens is 358 g/mol. The maximum atomic E-state index is 7.00. The van der Waals surface area contributed by atoms with Crippen molar-refractivity contribution in [2.75, 3.05) is 39.6 Å². The third-order valence-corrected chi connectivity index (χ3v) is 4.56. The van der Waals surface area contributed by atoms with Crippen LogP contribution in [0, 0.1) is 0 Å². The van der Waals surface area contributed by atoms with Gasteiger partial charge in [-0.25, -0.2) is 0 Å². The predicted octanol–water partition coefficient (Wildman–Crippen LogP) is 4.58. The first-order chi connectivity index (χ1) is 13.0. The number of likely N-dealkylation sites (N-methyl/N-ethyl adjacent to an activating group) is 1. The normalized spacial score (nSPS) is 17.6. The Hall–Kier alpha value is -2.40. The Bertz CT molecular complexity index is 812. The summed E-state index contributed by atoms with van der Waals surface area (Å²) in [6.07, 6.45) is 3.90. The lowest BCUT2D eigenvalue weighted by Gasteiger charge is -2.35. The summed E-state index contributed by atoms with van der Waals surface area (Å²) in [6, 6.07) is 20.0. The summed E-state index contributed by atoms with van der Waals surface area (Å²) in [5.74, 6) is 0. The van der Waals surface area contributed by atoms with Crippen molar-refractivity contribution >= 4 is 29.2 Å². The van der Waals surface area contributed by atoms with E-state index >= 15 is 0 Å². The molecule has 2 aromatic rings. The molecule has 0 fully saturated rings. The molecule has 2 N–H and O–H groups in total. The quantitative estimate of drug-likeness (QED) is 0.598. The molecule has 3 rings (SSSR count). The topological polar surface area (TPSA) is 44.6 Å². The molecule has 0 saturated heterocycles. The van der Waals surface area contributed by atoms with Gasteiger partial charge in [-0.1, -0.05) is 48.0 Å². The Balaban J connectivity index is 0.00000126. The zero-order valence-corrected chi connectivity index (χ0v) is 16.8. The van der Waals surface area contributed by atoms with Crippen molar-refractivity contribution in [3.8, 4) is 0 Å². The Kier molecular flexibility index (Phi) is 7.80. The van der Waals surface area contributed by atoms with Crippen molar-refractivity contribution in [3.05, 3.63) is 83.0 Å². The molecule has 4 nitrogen and oxygen atoms in total. The number of quaternary nitrogens is 1. The second kappa shape index (κ2) is 10.1. The van der Waals surface area contributed by atoms with Crippen LogP contribution in [-0.2, 0) is 0 Å². The van der Waals surface area contributed by atoms with Crippen LogP contribution in [0.5, 0.6) is 0 Å². The van der Waals surface area contributed by atoms with Gasteiger partial charge in [0.1, 0.15) is 13.1 Å². The molecule has 0 unspecified atom stereocenters. The van der Waals surface area contributed by atoms with E-state index in [9.17, 15) is 0 Å². The van der Waals surface area contributed by atoms with E-state index in [2.05, 4.69) is 24.4 Å². The first kappa shape index (κ1) is 20.9. The van der Waals surface area contributed by atoms with Crippen LogP contribution >= 0.6 is 11.6 Å². The van der Waals surface area contributed by atoms with Gasteiger partial charge in [0.2, 0.25) is 0 Å². The van der Waals surface area contributed by atoms with Crippen LogP contribution in [0.25, 0.3) is 0 Å². The fourth-order valence-electron chi connectivity index (χ4n) is 2.90. The lowest BCUT2D eigenvalue weighted by atomic mass is 10.0. The number of hydrogen-bond acceptors (Lipinski definition) is 3. The summed E-state index contributed by atoms with van der Waals surface area (Å²) in [7, 11) is 5.41. The largest absolute Gasteiger partial charge is 0.400 e. The summed E-state index contributed by atoms with van der Waals surface area (Å²) in [5, 5.41) is 11.1. The number of rotatable bonds is 4. The number of nitrogens with one attached hydrogen (secondary N) is 1. The van der Waals surface area contributed by atoms with E-state index in [0.717, 1.165) is 52.2 Å². The van der Waals surface area contributed by atoms with Gasteiger partial charge in [0.25, 0.3) is 0 Å². The van der Waals surface area contributed by atoms with Gasteiger partial charge in [0, 0.05) is 36.4 Å². The van der Waals surface area contributed by atoms with Gasteiger partial charge in [-0.15, -0.1) is 0 Å². The molecule has 0 saturated carbocycles. The van der Waals surface area contributed by atoms with Crippen LogP contribution in [-0.4, -0.2) is 50.1 Å². The zero-order valence-electron chi connectivity index (χ0n) is 16.1. The van der Waals surface area contributed by atoms with Gasteiger partial charge in [-0.2, -0.15) is 0 Å². The molecule has 0 aromatic heterocycles. The van der Waals surface area contributed by atoms with Crippen LogP contribution in [0.3, 0.4) is 0 Å². The summed E-state index contributed by atoms with van der Waals surface area (Å²) in [5.41, 5.74) is 4.14. The Morgan fingerprint density at radius 1 is 0.963 bits per heavy atom. The van der Waals surface area contributed by atoms with Gasteiger partial charge < -0.3 is 14.9 Å². The highest BCUT2D eigenvalue weighted by molar-refractivity contribution is 6.33. The predicted molar refractivity (Wildman–Crippen MR) is 116 cm³/mol. The van der Waals surface area contributed by atoms with Crippen molar-refractivity contribution in [1.82, 2.24) is 0 Å². The number of nitrogens with zero attached hydrogens (tertiary/aromatic N) is 2. The second-order valence-corrected chi connectivity index (χ2v) is 7.24. The van der Waals surface area contributed by atoms with Crippen molar-refractivity contribution in [3.63, 3.8) is 0 Å². The molecule has 142 valence electrons. The third kappa shape index (κ3) is 6.36. The number of aliphatic hydroxyl groups is 1. The first-order valence-electron chi connectivity index (χ1n) is 8.79. The maximum absolute atomic E-state index is 7.00. The Morgan fingerprint density at radius 3 is 2.19 bits per heavy atom. The van der Waals surface area contributed by atoms with E-state index in [0.29, 0.717) is 0 Å². The Labute approximate surface area is 166 Å². The zero-order chi connectivity index (χ0) is 19.7. The van der Waals surface area contributed by atoms with E-state index in [1.165, 1.54) is 0 Å². The van der Waals surface area contributed by atoms with Crippen LogP contribution in [0.4, 0.5) is 11.4 Å². The molecule has 0 atom stereocenters. The second-order valence-electron chi connectivity index (χ2n) is 6.86. The van der Waals surface area contributed by atoms with E-state index < -0.39 is 0 Å². The average molecular weight is 385 g/mol. The number of para-hydroxylation sites is 2. The van der Waals surface area contributed by atoms with Crippen LogP contribution in [0.1, 0.15) is 0 Å². The number of aliphatic hydroxyl groups excluding tert-OH is 1.